The molecule has 1 fully saturated rings. The van der Waals surface area contributed by atoms with E-state index in [0.29, 0.717) is 6.54 Å². The summed E-state index contributed by atoms with van der Waals surface area (Å²) in [5.74, 6) is 0.208. The lowest BCUT2D eigenvalue weighted by Gasteiger charge is -2.19. The number of carbonyl (C=O) groups excluding carboxylic acids is 1. The molecule has 3 heteroatoms. The zero-order valence-corrected chi connectivity index (χ0v) is 8.38. The van der Waals surface area contributed by atoms with Crippen LogP contribution in [0.2, 0.25) is 0 Å². The summed E-state index contributed by atoms with van der Waals surface area (Å²) in [4.78, 5) is 11.6. The topological polar surface area (TPSA) is 55.1 Å². The quantitative estimate of drug-likeness (QED) is 0.630. The normalized spacial score (nSPS) is 29.4. The van der Waals surface area contributed by atoms with Gasteiger partial charge in [0.2, 0.25) is 5.91 Å². The van der Waals surface area contributed by atoms with Crippen molar-refractivity contribution in [2.75, 3.05) is 6.54 Å². The van der Waals surface area contributed by atoms with Crippen LogP contribution in [0.25, 0.3) is 0 Å². The average molecular weight is 184 g/mol. The SMILES string of the molecule is CCNC(=O)C1CCCCCC1N. The summed E-state index contributed by atoms with van der Waals surface area (Å²) in [7, 11) is 0. The van der Waals surface area contributed by atoms with E-state index in [0.717, 1.165) is 19.3 Å². The number of nitrogens with two attached hydrogens (primary N) is 1. The highest BCUT2D eigenvalue weighted by Crippen LogP contribution is 2.22. The molecule has 3 nitrogen and oxygen atoms in total. The first-order valence-corrected chi connectivity index (χ1v) is 5.29. The van der Waals surface area contributed by atoms with Gasteiger partial charge in [-0.25, -0.2) is 0 Å². The lowest BCUT2D eigenvalue weighted by molar-refractivity contribution is -0.125. The second-order valence-corrected chi connectivity index (χ2v) is 3.80. The highest BCUT2D eigenvalue weighted by atomic mass is 16.1. The first-order chi connectivity index (χ1) is 6.25. The van der Waals surface area contributed by atoms with Crippen molar-refractivity contribution < 1.29 is 4.79 Å². The van der Waals surface area contributed by atoms with E-state index in [9.17, 15) is 4.79 Å². The molecule has 0 bridgehead atoms. The van der Waals surface area contributed by atoms with Crippen molar-refractivity contribution in [2.45, 2.75) is 45.1 Å². The Morgan fingerprint density at radius 2 is 2.08 bits per heavy atom. The molecule has 0 aromatic rings. The maximum atomic E-state index is 11.6. The third-order valence-corrected chi connectivity index (χ3v) is 2.76. The number of rotatable bonds is 2. The van der Waals surface area contributed by atoms with Crippen molar-refractivity contribution in [3.8, 4) is 0 Å². The van der Waals surface area contributed by atoms with E-state index in [2.05, 4.69) is 5.32 Å². The number of amides is 1. The molecule has 2 atom stereocenters. The summed E-state index contributed by atoms with van der Waals surface area (Å²) in [6.45, 7) is 2.65. The molecule has 0 aromatic carbocycles. The molecule has 3 N–H and O–H groups in total. The van der Waals surface area contributed by atoms with Crippen molar-refractivity contribution in [3.05, 3.63) is 0 Å². The predicted molar refractivity (Wildman–Crippen MR) is 53.2 cm³/mol. The van der Waals surface area contributed by atoms with Gasteiger partial charge in [0.1, 0.15) is 0 Å². The molecule has 1 saturated carbocycles. The van der Waals surface area contributed by atoms with Gasteiger partial charge in [0.25, 0.3) is 0 Å². The van der Waals surface area contributed by atoms with Gasteiger partial charge in [0.05, 0.1) is 5.92 Å². The van der Waals surface area contributed by atoms with E-state index in [1.807, 2.05) is 6.92 Å². The van der Waals surface area contributed by atoms with Crippen molar-refractivity contribution in [1.82, 2.24) is 5.32 Å². The molecule has 2 unspecified atom stereocenters. The van der Waals surface area contributed by atoms with Gasteiger partial charge in [-0.2, -0.15) is 0 Å². The fourth-order valence-corrected chi connectivity index (χ4v) is 1.97. The minimum Gasteiger partial charge on any atom is -0.356 e. The number of hydrogen-bond acceptors (Lipinski definition) is 2. The van der Waals surface area contributed by atoms with E-state index in [-0.39, 0.29) is 17.9 Å². The van der Waals surface area contributed by atoms with Crippen LogP contribution in [0.1, 0.15) is 39.0 Å². The van der Waals surface area contributed by atoms with Gasteiger partial charge in [-0.15, -0.1) is 0 Å². The highest BCUT2D eigenvalue weighted by Gasteiger charge is 2.26. The molecular formula is C10H20N2O. The first kappa shape index (κ1) is 10.5. The lowest BCUT2D eigenvalue weighted by Crippen LogP contribution is -2.41. The molecule has 13 heavy (non-hydrogen) atoms. The van der Waals surface area contributed by atoms with E-state index in [1.165, 1.54) is 12.8 Å². The Morgan fingerprint density at radius 3 is 2.77 bits per heavy atom. The molecule has 0 radical (unpaired) electrons. The maximum Gasteiger partial charge on any atom is 0.224 e. The van der Waals surface area contributed by atoms with Gasteiger partial charge in [0.15, 0.2) is 0 Å². The van der Waals surface area contributed by atoms with Crippen LogP contribution in [-0.4, -0.2) is 18.5 Å². The maximum absolute atomic E-state index is 11.6. The molecule has 0 heterocycles. The van der Waals surface area contributed by atoms with Crippen molar-refractivity contribution in [2.24, 2.45) is 11.7 Å². The van der Waals surface area contributed by atoms with Crippen molar-refractivity contribution >= 4 is 5.91 Å². The highest BCUT2D eigenvalue weighted by molar-refractivity contribution is 5.79. The lowest BCUT2D eigenvalue weighted by atomic mass is 9.95. The fraction of sp³-hybridized carbons (Fsp3) is 0.900. The average Bonchev–Trinajstić information content (AvgIpc) is 2.30. The van der Waals surface area contributed by atoms with Crippen LogP contribution in [0.5, 0.6) is 0 Å². The number of hydrogen-bond donors (Lipinski definition) is 2. The summed E-state index contributed by atoms with van der Waals surface area (Å²) in [5.41, 5.74) is 5.95. The number of carbonyl (C=O) groups is 1. The van der Waals surface area contributed by atoms with Crippen LogP contribution in [0.4, 0.5) is 0 Å². The summed E-state index contributed by atoms with van der Waals surface area (Å²) >= 11 is 0. The summed E-state index contributed by atoms with van der Waals surface area (Å²) in [5, 5.41) is 2.85. The second kappa shape index (κ2) is 5.22. The molecule has 0 aromatic heterocycles. The smallest absolute Gasteiger partial charge is 0.224 e. The standard InChI is InChI=1S/C10H20N2O/c1-2-12-10(13)8-6-4-3-5-7-9(8)11/h8-9H,2-7,11H2,1H3,(H,12,13). The van der Waals surface area contributed by atoms with Crippen molar-refractivity contribution in [3.63, 3.8) is 0 Å². The number of nitrogens with one attached hydrogen (secondary N) is 1. The summed E-state index contributed by atoms with van der Waals surface area (Å²) in [6, 6.07) is 0.0778. The Bertz CT molecular complexity index is 170. The van der Waals surface area contributed by atoms with E-state index < -0.39 is 0 Å². The Labute approximate surface area is 80.1 Å². The molecule has 0 saturated heterocycles. The summed E-state index contributed by atoms with van der Waals surface area (Å²) < 4.78 is 0. The third kappa shape index (κ3) is 2.99. The van der Waals surface area contributed by atoms with Gasteiger partial charge < -0.3 is 11.1 Å². The monoisotopic (exact) mass is 184 g/mol. The van der Waals surface area contributed by atoms with Gasteiger partial charge >= 0.3 is 0 Å². The van der Waals surface area contributed by atoms with Gasteiger partial charge in [-0.1, -0.05) is 19.3 Å². The first-order valence-electron chi connectivity index (χ1n) is 5.29. The van der Waals surface area contributed by atoms with E-state index >= 15 is 0 Å². The third-order valence-electron chi connectivity index (χ3n) is 2.76. The van der Waals surface area contributed by atoms with Crippen molar-refractivity contribution in [1.29, 1.82) is 0 Å². The Morgan fingerprint density at radius 1 is 1.38 bits per heavy atom. The van der Waals surface area contributed by atoms with Crippen LogP contribution >= 0.6 is 0 Å². The second-order valence-electron chi connectivity index (χ2n) is 3.80. The van der Waals surface area contributed by atoms with E-state index in [1.54, 1.807) is 0 Å². The van der Waals surface area contributed by atoms with Gasteiger partial charge in [-0.05, 0) is 19.8 Å². The molecule has 76 valence electrons. The Balaban J connectivity index is 2.48. The molecule has 1 amide bonds. The molecule has 0 spiro atoms. The minimum absolute atomic E-state index is 0.0578. The largest absolute Gasteiger partial charge is 0.356 e. The van der Waals surface area contributed by atoms with Crippen LogP contribution in [0.15, 0.2) is 0 Å². The Kier molecular flexibility index (Phi) is 4.22. The Hall–Kier alpha value is -0.570. The van der Waals surface area contributed by atoms with Crippen LogP contribution in [-0.2, 0) is 4.79 Å². The molecule has 1 aliphatic carbocycles. The molecule has 1 rings (SSSR count). The molecule has 0 aliphatic heterocycles. The van der Waals surface area contributed by atoms with Crippen LogP contribution in [0.3, 0.4) is 0 Å². The van der Waals surface area contributed by atoms with Gasteiger partial charge in [0, 0.05) is 12.6 Å². The fourth-order valence-electron chi connectivity index (χ4n) is 1.97. The van der Waals surface area contributed by atoms with Crippen LogP contribution < -0.4 is 11.1 Å². The zero-order chi connectivity index (χ0) is 9.68. The minimum atomic E-state index is 0.0578. The summed E-state index contributed by atoms with van der Waals surface area (Å²) in [6.07, 6.45) is 5.52. The van der Waals surface area contributed by atoms with Crippen LogP contribution in [0, 0.1) is 5.92 Å². The predicted octanol–water partition coefficient (Wildman–Crippen LogP) is 1.03. The molecular weight excluding hydrogens is 164 g/mol. The molecule has 1 aliphatic rings. The zero-order valence-electron chi connectivity index (χ0n) is 8.38. The van der Waals surface area contributed by atoms with Gasteiger partial charge in [-0.3, -0.25) is 4.79 Å². The van der Waals surface area contributed by atoms with E-state index in [4.69, 9.17) is 5.73 Å².